The van der Waals surface area contributed by atoms with Gasteiger partial charge in [-0.3, -0.25) is 4.99 Å². The molecule has 0 aliphatic heterocycles. The molecule has 0 aromatic heterocycles. The van der Waals surface area contributed by atoms with Crippen LogP contribution in [0.1, 0.15) is 30.5 Å². The average molecular weight is 355 g/mol. The van der Waals surface area contributed by atoms with Crippen LogP contribution in [0.2, 0.25) is 0 Å². The number of guanidine groups is 1. The van der Waals surface area contributed by atoms with Gasteiger partial charge in [-0.1, -0.05) is 26.0 Å². The van der Waals surface area contributed by atoms with E-state index in [2.05, 4.69) is 50.1 Å². The van der Waals surface area contributed by atoms with Gasteiger partial charge >= 0.3 is 0 Å². The molecule has 3 N–H and O–H groups in total. The van der Waals surface area contributed by atoms with Gasteiger partial charge in [0, 0.05) is 11.1 Å². The minimum atomic E-state index is -0.199. The van der Waals surface area contributed by atoms with E-state index in [-0.39, 0.29) is 5.41 Å². The van der Waals surface area contributed by atoms with Crippen LogP contribution in [0, 0.1) is 13.8 Å². The summed E-state index contributed by atoms with van der Waals surface area (Å²) in [5, 5.41) is 3.16. The quantitative estimate of drug-likeness (QED) is 0.606. The van der Waals surface area contributed by atoms with E-state index in [0.29, 0.717) is 24.0 Å². The summed E-state index contributed by atoms with van der Waals surface area (Å²) in [5.74, 6) is 1.83. The lowest BCUT2D eigenvalue weighted by Gasteiger charge is -2.24. The Hall–Kier alpha value is -2.69. The van der Waals surface area contributed by atoms with E-state index in [9.17, 15) is 0 Å². The second-order valence-electron chi connectivity index (χ2n) is 7.08. The lowest BCUT2D eigenvalue weighted by Crippen LogP contribution is -2.27. The number of aryl methyl sites for hydroxylation is 2. The normalized spacial score (nSPS) is 12.0. The van der Waals surface area contributed by atoms with E-state index < -0.39 is 0 Å². The number of aliphatic imine (C=N–C) groups is 1. The molecular weight excluding hydrogens is 326 g/mol. The summed E-state index contributed by atoms with van der Waals surface area (Å²) in [5.41, 5.74) is 10.4. The van der Waals surface area contributed by atoms with Gasteiger partial charge in [0.1, 0.15) is 0 Å². The SMILES string of the molecule is COc1ccc(C(C)(C)CN=C(N)Nc2ccc(C)c(C)c2)cc1OC. The molecular formula is C21H29N3O2. The molecule has 5 nitrogen and oxygen atoms in total. The molecule has 0 saturated heterocycles. The molecule has 0 aliphatic carbocycles. The van der Waals surface area contributed by atoms with Crippen LogP contribution in [0.5, 0.6) is 11.5 Å². The number of rotatable bonds is 6. The molecule has 0 saturated carbocycles. The fraction of sp³-hybridized carbons (Fsp3) is 0.381. The maximum atomic E-state index is 6.08. The first-order valence-electron chi connectivity index (χ1n) is 8.63. The van der Waals surface area contributed by atoms with Crippen molar-refractivity contribution in [3.8, 4) is 11.5 Å². The summed E-state index contributed by atoms with van der Waals surface area (Å²) in [4.78, 5) is 4.53. The fourth-order valence-electron chi connectivity index (χ4n) is 2.64. The van der Waals surface area contributed by atoms with Gasteiger partial charge in [-0.2, -0.15) is 0 Å². The first-order chi connectivity index (χ1) is 12.3. The maximum Gasteiger partial charge on any atom is 0.193 e. The van der Waals surface area contributed by atoms with E-state index >= 15 is 0 Å². The molecule has 0 unspecified atom stereocenters. The van der Waals surface area contributed by atoms with E-state index in [1.165, 1.54) is 11.1 Å². The molecule has 26 heavy (non-hydrogen) atoms. The third kappa shape index (κ3) is 4.69. The van der Waals surface area contributed by atoms with Crippen LogP contribution in [0.15, 0.2) is 41.4 Å². The number of methoxy groups -OCH3 is 2. The van der Waals surface area contributed by atoms with Gasteiger partial charge in [0.15, 0.2) is 17.5 Å². The lowest BCUT2D eigenvalue weighted by atomic mass is 9.84. The number of hydrogen-bond donors (Lipinski definition) is 2. The van der Waals surface area contributed by atoms with Gasteiger partial charge in [0.2, 0.25) is 0 Å². The second-order valence-corrected chi connectivity index (χ2v) is 7.08. The standard InChI is InChI=1S/C21H29N3O2/c1-14-7-9-17(11-15(14)2)24-20(22)23-13-21(3,4)16-8-10-18(25-5)19(12-16)26-6/h7-12H,13H2,1-6H3,(H3,22,23,24). The Morgan fingerprint density at radius 2 is 1.69 bits per heavy atom. The summed E-state index contributed by atoms with van der Waals surface area (Å²) in [6, 6.07) is 12.1. The Balaban J connectivity index is 2.12. The van der Waals surface area contributed by atoms with Crippen LogP contribution in [0.3, 0.4) is 0 Å². The van der Waals surface area contributed by atoms with Crippen molar-refractivity contribution >= 4 is 11.6 Å². The van der Waals surface area contributed by atoms with Gasteiger partial charge in [-0.05, 0) is 54.8 Å². The minimum absolute atomic E-state index is 0.199. The lowest BCUT2D eigenvalue weighted by molar-refractivity contribution is 0.353. The van der Waals surface area contributed by atoms with Gasteiger partial charge in [0.25, 0.3) is 0 Å². The molecule has 140 valence electrons. The van der Waals surface area contributed by atoms with E-state index in [0.717, 1.165) is 11.3 Å². The van der Waals surface area contributed by atoms with Gasteiger partial charge in [-0.15, -0.1) is 0 Å². The molecule has 0 fully saturated rings. The van der Waals surface area contributed by atoms with Crippen molar-refractivity contribution in [3.63, 3.8) is 0 Å². The zero-order chi connectivity index (χ0) is 19.3. The number of hydrogen-bond acceptors (Lipinski definition) is 3. The molecule has 2 rings (SSSR count). The van der Waals surface area contributed by atoms with Crippen molar-refractivity contribution < 1.29 is 9.47 Å². The molecule has 0 spiro atoms. The molecule has 0 atom stereocenters. The van der Waals surface area contributed by atoms with Crippen molar-refractivity contribution in [2.24, 2.45) is 10.7 Å². The van der Waals surface area contributed by atoms with Crippen LogP contribution >= 0.6 is 0 Å². The molecule has 2 aromatic carbocycles. The van der Waals surface area contributed by atoms with E-state index in [1.807, 2.05) is 24.3 Å². The van der Waals surface area contributed by atoms with Crippen LogP contribution in [0.4, 0.5) is 5.69 Å². The topological polar surface area (TPSA) is 68.9 Å². The Bertz CT molecular complexity index is 798. The monoisotopic (exact) mass is 355 g/mol. The number of anilines is 1. The third-order valence-corrected chi connectivity index (χ3v) is 4.59. The molecule has 5 heteroatoms. The zero-order valence-corrected chi connectivity index (χ0v) is 16.5. The summed E-state index contributed by atoms with van der Waals surface area (Å²) in [6.07, 6.45) is 0. The Morgan fingerprint density at radius 3 is 2.31 bits per heavy atom. The highest BCUT2D eigenvalue weighted by Crippen LogP contribution is 2.33. The molecule has 0 heterocycles. The Kier molecular flexibility index (Phi) is 6.14. The number of nitrogens with one attached hydrogen (secondary N) is 1. The Morgan fingerprint density at radius 1 is 1.00 bits per heavy atom. The van der Waals surface area contributed by atoms with Crippen LogP contribution < -0.4 is 20.5 Å². The van der Waals surface area contributed by atoms with Crippen LogP contribution in [0.25, 0.3) is 0 Å². The van der Waals surface area contributed by atoms with Crippen LogP contribution in [-0.2, 0) is 5.41 Å². The van der Waals surface area contributed by atoms with Gasteiger partial charge < -0.3 is 20.5 Å². The first-order valence-corrected chi connectivity index (χ1v) is 8.63. The highest BCUT2D eigenvalue weighted by atomic mass is 16.5. The van der Waals surface area contributed by atoms with E-state index in [1.54, 1.807) is 14.2 Å². The number of nitrogens with zero attached hydrogens (tertiary/aromatic N) is 1. The first kappa shape index (κ1) is 19.6. The summed E-state index contributed by atoms with van der Waals surface area (Å²) in [6.45, 7) is 8.96. The van der Waals surface area contributed by atoms with Crippen molar-refractivity contribution in [1.29, 1.82) is 0 Å². The minimum Gasteiger partial charge on any atom is -0.493 e. The molecule has 0 radical (unpaired) electrons. The average Bonchev–Trinajstić information content (AvgIpc) is 2.62. The summed E-state index contributed by atoms with van der Waals surface area (Å²) >= 11 is 0. The zero-order valence-electron chi connectivity index (χ0n) is 16.5. The molecule has 0 amide bonds. The van der Waals surface area contributed by atoms with Crippen molar-refractivity contribution in [3.05, 3.63) is 53.1 Å². The second kappa shape index (κ2) is 8.13. The highest BCUT2D eigenvalue weighted by Gasteiger charge is 2.22. The van der Waals surface area contributed by atoms with Crippen molar-refractivity contribution in [2.45, 2.75) is 33.1 Å². The number of nitrogens with two attached hydrogens (primary N) is 1. The fourth-order valence-corrected chi connectivity index (χ4v) is 2.64. The Labute approximate surface area is 156 Å². The third-order valence-electron chi connectivity index (χ3n) is 4.59. The number of benzene rings is 2. The van der Waals surface area contributed by atoms with Crippen molar-refractivity contribution in [1.82, 2.24) is 0 Å². The predicted octanol–water partition coefficient (Wildman–Crippen LogP) is 4.03. The molecule has 0 bridgehead atoms. The van der Waals surface area contributed by atoms with Crippen LogP contribution in [-0.4, -0.2) is 26.7 Å². The van der Waals surface area contributed by atoms with E-state index in [4.69, 9.17) is 15.2 Å². The predicted molar refractivity (Wildman–Crippen MR) is 109 cm³/mol. The smallest absolute Gasteiger partial charge is 0.193 e. The summed E-state index contributed by atoms with van der Waals surface area (Å²) in [7, 11) is 3.27. The highest BCUT2D eigenvalue weighted by molar-refractivity contribution is 5.92. The molecule has 2 aromatic rings. The van der Waals surface area contributed by atoms with Gasteiger partial charge in [-0.25, -0.2) is 0 Å². The number of ether oxygens (including phenoxy) is 2. The van der Waals surface area contributed by atoms with Crippen molar-refractivity contribution in [2.75, 3.05) is 26.1 Å². The molecule has 0 aliphatic rings. The van der Waals surface area contributed by atoms with Gasteiger partial charge in [0.05, 0.1) is 20.8 Å². The maximum absolute atomic E-state index is 6.08. The largest absolute Gasteiger partial charge is 0.493 e. The summed E-state index contributed by atoms with van der Waals surface area (Å²) < 4.78 is 10.7.